The minimum absolute atomic E-state index is 0.0158. The van der Waals surface area contributed by atoms with Crippen molar-refractivity contribution in [1.82, 2.24) is 9.38 Å². The Morgan fingerprint density at radius 1 is 1.03 bits per heavy atom. The predicted octanol–water partition coefficient (Wildman–Crippen LogP) is 5.56. The Labute approximate surface area is 230 Å². The van der Waals surface area contributed by atoms with Crippen molar-refractivity contribution in [2.75, 3.05) is 25.6 Å². The molecule has 0 bridgehead atoms. The molecule has 0 spiro atoms. The van der Waals surface area contributed by atoms with Crippen LogP contribution >= 0.6 is 11.6 Å². The maximum atomic E-state index is 13.3. The summed E-state index contributed by atoms with van der Waals surface area (Å²) in [6.45, 7) is 1.89. The van der Waals surface area contributed by atoms with Gasteiger partial charge in [0.05, 0.1) is 18.7 Å². The molecule has 0 saturated carbocycles. The van der Waals surface area contributed by atoms with Gasteiger partial charge in [0.1, 0.15) is 28.6 Å². The Hall–Kier alpha value is -4.28. The molecular weight excluding hydrogens is 542 g/mol. The van der Waals surface area contributed by atoms with Gasteiger partial charge in [-0.1, -0.05) is 48.0 Å². The molecule has 200 valence electrons. The number of ether oxygens (including phenoxy) is 2. The average molecular weight is 566 g/mol. The van der Waals surface area contributed by atoms with Crippen molar-refractivity contribution in [2.45, 2.75) is 11.8 Å². The SMILES string of the molecule is CCOC(=O)CNc1c(-c2ccc(OS(=O)(=O)c3cccc4ccccc34)c(OC)c2)nc2ccc(Cl)cn12. The zero-order valence-electron chi connectivity index (χ0n) is 21.0. The summed E-state index contributed by atoms with van der Waals surface area (Å²) in [6.07, 6.45) is 1.67. The lowest BCUT2D eigenvalue weighted by atomic mass is 10.1. The molecule has 0 fully saturated rings. The fourth-order valence-electron chi connectivity index (χ4n) is 4.22. The third-order valence-corrected chi connectivity index (χ3v) is 7.46. The number of benzene rings is 3. The molecule has 11 heteroatoms. The van der Waals surface area contributed by atoms with Gasteiger partial charge in [-0.2, -0.15) is 8.42 Å². The maximum Gasteiger partial charge on any atom is 0.339 e. The van der Waals surface area contributed by atoms with Gasteiger partial charge in [0.2, 0.25) is 0 Å². The van der Waals surface area contributed by atoms with Crippen LogP contribution in [-0.2, 0) is 19.6 Å². The average Bonchev–Trinajstić information content (AvgIpc) is 3.29. The summed E-state index contributed by atoms with van der Waals surface area (Å²) in [5, 5.41) is 4.88. The lowest BCUT2D eigenvalue weighted by Gasteiger charge is -2.14. The van der Waals surface area contributed by atoms with Crippen LogP contribution in [-0.4, -0.2) is 44.0 Å². The number of esters is 1. The molecule has 39 heavy (non-hydrogen) atoms. The van der Waals surface area contributed by atoms with Gasteiger partial charge in [0.15, 0.2) is 11.5 Å². The van der Waals surface area contributed by atoms with E-state index in [0.29, 0.717) is 33.1 Å². The maximum absolute atomic E-state index is 13.3. The molecule has 2 heterocycles. The van der Waals surface area contributed by atoms with Crippen LogP contribution in [0.15, 0.2) is 83.9 Å². The molecular formula is C28H24ClN3O6S. The highest BCUT2D eigenvalue weighted by Gasteiger charge is 2.23. The van der Waals surface area contributed by atoms with Crippen LogP contribution in [0.2, 0.25) is 5.02 Å². The summed E-state index contributed by atoms with van der Waals surface area (Å²) in [6, 6.07) is 20.4. The van der Waals surface area contributed by atoms with E-state index in [1.54, 1.807) is 60.0 Å². The van der Waals surface area contributed by atoms with Gasteiger partial charge >= 0.3 is 16.1 Å². The number of hydrogen-bond acceptors (Lipinski definition) is 8. The number of halogens is 1. The molecule has 5 aromatic rings. The summed E-state index contributed by atoms with van der Waals surface area (Å²) in [5.74, 6) is 0.268. The number of imidazole rings is 1. The van der Waals surface area contributed by atoms with E-state index in [1.807, 2.05) is 18.2 Å². The van der Waals surface area contributed by atoms with Crippen LogP contribution in [0.4, 0.5) is 5.82 Å². The topological polar surface area (TPSA) is 108 Å². The van der Waals surface area contributed by atoms with E-state index >= 15 is 0 Å². The number of carbonyl (C=O) groups is 1. The van der Waals surface area contributed by atoms with Gasteiger partial charge in [0, 0.05) is 17.1 Å². The number of methoxy groups -OCH3 is 1. The van der Waals surface area contributed by atoms with Crippen LogP contribution in [0.25, 0.3) is 27.7 Å². The fourth-order valence-corrected chi connectivity index (χ4v) is 5.54. The zero-order valence-corrected chi connectivity index (χ0v) is 22.6. The molecule has 0 aliphatic carbocycles. The predicted molar refractivity (Wildman–Crippen MR) is 149 cm³/mol. The van der Waals surface area contributed by atoms with Gasteiger partial charge in [0.25, 0.3) is 0 Å². The molecule has 3 aromatic carbocycles. The second kappa shape index (κ2) is 10.8. The first-order chi connectivity index (χ1) is 18.8. The summed E-state index contributed by atoms with van der Waals surface area (Å²) in [5.41, 5.74) is 1.66. The molecule has 0 aliphatic heterocycles. The van der Waals surface area contributed by atoms with E-state index < -0.39 is 16.1 Å². The number of aromatic nitrogens is 2. The number of carbonyl (C=O) groups excluding carboxylic acids is 1. The Morgan fingerprint density at radius 2 is 1.82 bits per heavy atom. The smallest absolute Gasteiger partial charge is 0.339 e. The summed E-state index contributed by atoms with van der Waals surface area (Å²) >= 11 is 6.21. The van der Waals surface area contributed by atoms with Gasteiger partial charge in [-0.25, -0.2) is 4.98 Å². The third kappa shape index (κ3) is 5.34. The molecule has 0 radical (unpaired) electrons. The number of nitrogens with zero attached hydrogens (tertiary/aromatic N) is 2. The second-order valence-corrected chi connectivity index (χ2v) is 10.4. The van der Waals surface area contributed by atoms with Crippen molar-refractivity contribution >= 4 is 49.9 Å². The second-order valence-electron chi connectivity index (χ2n) is 8.42. The lowest BCUT2D eigenvalue weighted by Crippen LogP contribution is -2.17. The van der Waals surface area contributed by atoms with Gasteiger partial charge in [-0.15, -0.1) is 0 Å². The van der Waals surface area contributed by atoms with Gasteiger partial charge < -0.3 is 19.0 Å². The van der Waals surface area contributed by atoms with Crippen LogP contribution in [0.3, 0.4) is 0 Å². The Bertz CT molecular complexity index is 1800. The molecule has 5 rings (SSSR count). The van der Waals surface area contributed by atoms with Gasteiger partial charge in [-0.3, -0.25) is 9.20 Å². The van der Waals surface area contributed by atoms with Crippen molar-refractivity contribution in [1.29, 1.82) is 0 Å². The first-order valence-electron chi connectivity index (χ1n) is 12.0. The summed E-state index contributed by atoms with van der Waals surface area (Å²) < 4.78 is 44.4. The zero-order chi connectivity index (χ0) is 27.6. The summed E-state index contributed by atoms with van der Waals surface area (Å²) in [4.78, 5) is 16.8. The summed E-state index contributed by atoms with van der Waals surface area (Å²) in [7, 11) is -2.77. The highest BCUT2D eigenvalue weighted by atomic mass is 35.5. The molecule has 0 atom stereocenters. The number of hydrogen-bond donors (Lipinski definition) is 1. The van der Waals surface area contributed by atoms with Crippen LogP contribution < -0.4 is 14.2 Å². The fraction of sp³-hybridized carbons (Fsp3) is 0.143. The van der Waals surface area contributed by atoms with Crippen LogP contribution in [0, 0.1) is 0 Å². The Morgan fingerprint density at radius 3 is 2.62 bits per heavy atom. The largest absolute Gasteiger partial charge is 0.493 e. The minimum Gasteiger partial charge on any atom is -0.493 e. The Balaban J connectivity index is 1.53. The lowest BCUT2D eigenvalue weighted by molar-refractivity contribution is -0.140. The Kier molecular flexibility index (Phi) is 7.32. The molecule has 0 unspecified atom stereocenters. The molecule has 0 aliphatic rings. The highest BCUT2D eigenvalue weighted by Crippen LogP contribution is 2.37. The van der Waals surface area contributed by atoms with E-state index in [0.717, 1.165) is 5.39 Å². The number of rotatable bonds is 9. The first-order valence-corrected chi connectivity index (χ1v) is 13.8. The molecule has 2 aromatic heterocycles. The highest BCUT2D eigenvalue weighted by molar-refractivity contribution is 7.87. The van der Waals surface area contributed by atoms with E-state index in [2.05, 4.69) is 10.3 Å². The minimum atomic E-state index is -4.19. The first kappa shape index (κ1) is 26.3. The third-order valence-electron chi connectivity index (χ3n) is 5.94. The van der Waals surface area contributed by atoms with Crippen molar-refractivity contribution in [3.05, 3.63) is 84.0 Å². The molecule has 9 nitrogen and oxygen atoms in total. The van der Waals surface area contributed by atoms with E-state index in [4.69, 9.17) is 25.3 Å². The van der Waals surface area contributed by atoms with Crippen molar-refractivity contribution < 1.29 is 26.9 Å². The van der Waals surface area contributed by atoms with Gasteiger partial charge in [-0.05, 0) is 48.7 Å². The number of fused-ring (bicyclic) bond motifs is 2. The van der Waals surface area contributed by atoms with Crippen molar-refractivity contribution in [3.63, 3.8) is 0 Å². The number of pyridine rings is 1. The number of anilines is 1. The standard InChI is InChI=1S/C28H24ClN3O6S/c1-3-37-26(33)16-30-28-27(31-25-14-12-20(29)17-32(25)28)19-11-13-22(23(15-19)36-2)38-39(34,35)24-10-6-8-18-7-4-5-9-21(18)24/h4-15,17,30H,3,16H2,1-2H3. The van der Waals surface area contributed by atoms with Crippen molar-refractivity contribution in [3.8, 4) is 22.8 Å². The molecule has 0 saturated heterocycles. The quantitative estimate of drug-likeness (QED) is 0.183. The molecule has 1 N–H and O–H groups in total. The van der Waals surface area contributed by atoms with E-state index in [1.165, 1.54) is 19.2 Å². The van der Waals surface area contributed by atoms with E-state index in [-0.39, 0.29) is 29.5 Å². The molecule has 0 amide bonds. The van der Waals surface area contributed by atoms with Crippen molar-refractivity contribution in [2.24, 2.45) is 0 Å². The van der Waals surface area contributed by atoms with Crippen LogP contribution in [0.1, 0.15) is 6.92 Å². The van der Waals surface area contributed by atoms with Crippen LogP contribution in [0.5, 0.6) is 11.5 Å². The monoisotopic (exact) mass is 565 g/mol. The number of nitrogens with one attached hydrogen (secondary N) is 1. The normalized spacial score (nSPS) is 11.5. The van der Waals surface area contributed by atoms with E-state index in [9.17, 15) is 13.2 Å².